The fraction of sp³-hybridized carbons (Fsp3) is 0.0526. The van der Waals surface area contributed by atoms with Crippen LogP contribution in [0.25, 0.3) is 76.5 Å². The maximum absolute atomic E-state index is 6.33. The molecule has 0 saturated carbocycles. The molecule has 0 aliphatic rings. The van der Waals surface area contributed by atoms with E-state index in [1.807, 2.05) is 19.9 Å². The molecule has 0 atom stereocenters. The predicted molar refractivity (Wildman–Crippen MR) is 176 cm³/mol. The molecule has 0 unspecified atom stereocenters. The van der Waals surface area contributed by atoms with Crippen molar-refractivity contribution < 1.29 is 4.42 Å². The zero-order valence-corrected chi connectivity index (χ0v) is 24.0. The van der Waals surface area contributed by atoms with Crippen molar-refractivity contribution in [2.24, 2.45) is 0 Å². The molecule has 0 saturated heterocycles. The second kappa shape index (κ2) is 9.97. The summed E-state index contributed by atoms with van der Waals surface area (Å²) in [5, 5.41) is 9.79. The molecule has 8 rings (SSSR count). The number of furan rings is 1. The van der Waals surface area contributed by atoms with Crippen LogP contribution in [0.4, 0.5) is 0 Å². The second-order valence-electron chi connectivity index (χ2n) is 9.82. The van der Waals surface area contributed by atoms with Crippen molar-refractivity contribution in [1.82, 2.24) is 0 Å². The summed E-state index contributed by atoms with van der Waals surface area (Å²) in [7, 11) is 0. The molecular weight excluding hydrogens is 552 g/mol. The Morgan fingerprint density at radius 1 is 0.450 bits per heavy atom. The molecule has 0 amide bonds. The minimum absolute atomic E-state index is 0.896. The van der Waals surface area contributed by atoms with Crippen LogP contribution in [-0.4, -0.2) is 0 Å². The zero-order valence-electron chi connectivity index (χ0n) is 22.4. The van der Waals surface area contributed by atoms with Crippen molar-refractivity contribution in [3.63, 3.8) is 0 Å². The molecule has 0 aliphatic carbocycles. The molecule has 0 radical (unpaired) electrons. The van der Waals surface area contributed by atoms with Crippen LogP contribution in [0.2, 0.25) is 0 Å². The van der Waals surface area contributed by atoms with Gasteiger partial charge in [0.25, 0.3) is 0 Å². The van der Waals surface area contributed by atoms with Gasteiger partial charge in [0.05, 0.1) is 0 Å². The number of rotatable bonds is 2. The quantitative estimate of drug-likeness (QED) is 0.186. The normalized spacial score (nSPS) is 11.4. The SMILES string of the molecule is Brc1ccc2c(c1)oc1cc(-c3c4ccccc4c(-c4cccc5ccccc45)c4ccccc34)ccc12.CC. The van der Waals surface area contributed by atoms with Gasteiger partial charge in [-0.2, -0.15) is 0 Å². The Morgan fingerprint density at radius 2 is 0.975 bits per heavy atom. The van der Waals surface area contributed by atoms with E-state index in [4.69, 9.17) is 4.42 Å². The topological polar surface area (TPSA) is 13.1 Å². The minimum Gasteiger partial charge on any atom is -0.456 e. The number of benzene rings is 7. The van der Waals surface area contributed by atoms with Crippen molar-refractivity contribution >= 4 is 70.2 Å². The van der Waals surface area contributed by atoms with Crippen molar-refractivity contribution in [3.05, 3.63) is 132 Å². The Balaban J connectivity index is 0.00000130. The standard InChI is InChI=1S/C36H21BrO.C2H6/c37-24-17-19-27-26-18-16-23(20-33(26)38-34(27)21-24)35-29-11-3-5-13-31(29)36(32-14-6-4-12-30(32)35)28-15-7-9-22-8-1-2-10-25(22)28;1-2/h1-21H;1-2H3. The Bertz CT molecular complexity index is 2140. The van der Waals surface area contributed by atoms with E-state index in [2.05, 4.69) is 137 Å². The van der Waals surface area contributed by atoms with E-state index >= 15 is 0 Å². The summed E-state index contributed by atoms with van der Waals surface area (Å²) in [6, 6.07) is 45.8. The highest BCUT2D eigenvalue weighted by Gasteiger charge is 2.18. The van der Waals surface area contributed by atoms with Gasteiger partial charge in [-0.25, -0.2) is 0 Å². The smallest absolute Gasteiger partial charge is 0.136 e. The zero-order chi connectivity index (χ0) is 27.2. The lowest BCUT2D eigenvalue weighted by Crippen LogP contribution is -1.91. The molecule has 0 spiro atoms. The summed E-state index contributed by atoms with van der Waals surface area (Å²) < 4.78 is 7.35. The molecule has 1 heterocycles. The highest BCUT2D eigenvalue weighted by molar-refractivity contribution is 9.10. The third-order valence-electron chi connectivity index (χ3n) is 7.71. The molecule has 1 nitrogen and oxygen atoms in total. The van der Waals surface area contributed by atoms with Crippen molar-refractivity contribution in [3.8, 4) is 22.3 Å². The third-order valence-corrected chi connectivity index (χ3v) is 8.21. The summed E-state index contributed by atoms with van der Waals surface area (Å²) >= 11 is 3.58. The Kier molecular flexibility index (Phi) is 6.14. The summed E-state index contributed by atoms with van der Waals surface area (Å²) in [6.07, 6.45) is 0. The van der Waals surface area contributed by atoms with Gasteiger partial charge in [-0.1, -0.05) is 127 Å². The first-order valence-corrected chi connectivity index (χ1v) is 14.6. The molecule has 7 aromatic carbocycles. The summed E-state index contributed by atoms with van der Waals surface area (Å²) in [5.41, 5.74) is 6.75. The Morgan fingerprint density at radius 3 is 1.65 bits per heavy atom. The van der Waals surface area contributed by atoms with Crippen molar-refractivity contribution in [2.45, 2.75) is 13.8 Å². The van der Waals surface area contributed by atoms with Crippen LogP contribution in [-0.2, 0) is 0 Å². The molecule has 0 bridgehead atoms. The summed E-state index contributed by atoms with van der Waals surface area (Å²) in [4.78, 5) is 0. The fourth-order valence-electron chi connectivity index (χ4n) is 6.08. The van der Waals surface area contributed by atoms with E-state index in [1.165, 1.54) is 49.0 Å². The van der Waals surface area contributed by atoms with E-state index < -0.39 is 0 Å². The molecule has 0 fully saturated rings. The van der Waals surface area contributed by atoms with Gasteiger partial charge >= 0.3 is 0 Å². The monoisotopic (exact) mass is 578 g/mol. The first-order valence-electron chi connectivity index (χ1n) is 13.8. The van der Waals surface area contributed by atoms with E-state index in [9.17, 15) is 0 Å². The van der Waals surface area contributed by atoms with Crippen LogP contribution in [0.5, 0.6) is 0 Å². The third kappa shape index (κ3) is 3.83. The molecular formula is C38H27BrO. The van der Waals surface area contributed by atoms with E-state index in [0.717, 1.165) is 32.0 Å². The molecule has 8 aromatic rings. The van der Waals surface area contributed by atoms with Gasteiger partial charge in [-0.05, 0) is 84.9 Å². The van der Waals surface area contributed by atoms with Crippen LogP contribution in [0, 0.1) is 0 Å². The van der Waals surface area contributed by atoms with Crippen LogP contribution in [0.15, 0.2) is 136 Å². The number of hydrogen-bond donors (Lipinski definition) is 0. The predicted octanol–water partition coefficient (Wildman–Crippen LogP) is 12.2. The van der Waals surface area contributed by atoms with Gasteiger partial charge < -0.3 is 4.42 Å². The highest BCUT2D eigenvalue weighted by atomic mass is 79.9. The van der Waals surface area contributed by atoms with Gasteiger partial charge in [0.1, 0.15) is 11.2 Å². The summed E-state index contributed by atoms with van der Waals surface area (Å²) in [5.74, 6) is 0. The van der Waals surface area contributed by atoms with E-state index in [0.29, 0.717) is 0 Å². The average molecular weight is 580 g/mol. The lowest BCUT2D eigenvalue weighted by atomic mass is 9.84. The molecule has 192 valence electrons. The highest BCUT2D eigenvalue weighted by Crippen LogP contribution is 2.46. The largest absolute Gasteiger partial charge is 0.456 e. The van der Waals surface area contributed by atoms with Gasteiger partial charge in [0, 0.05) is 15.2 Å². The Labute approximate surface area is 241 Å². The van der Waals surface area contributed by atoms with Crippen LogP contribution in [0.1, 0.15) is 13.8 Å². The molecule has 40 heavy (non-hydrogen) atoms. The molecule has 0 N–H and O–H groups in total. The maximum atomic E-state index is 6.33. The van der Waals surface area contributed by atoms with Gasteiger partial charge in [0.2, 0.25) is 0 Å². The number of halogens is 1. The van der Waals surface area contributed by atoms with Gasteiger partial charge in [-0.3, -0.25) is 0 Å². The molecule has 1 aromatic heterocycles. The van der Waals surface area contributed by atoms with Crippen LogP contribution < -0.4 is 0 Å². The second-order valence-corrected chi connectivity index (χ2v) is 10.7. The van der Waals surface area contributed by atoms with Crippen LogP contribution >= 0.6 is 15.9 Å². The first-order chi connectivity index (χ1) is 19.8. The Hall–Kier alpha value is -4.40. The molecule has 2 heteroatoms. The average Bonchev–Trinajstić information content (AvgIpc) is 3.37. The van der Waals surface area contributed by atoms with Crippen molar-refractivity contribution in [2.75, 3.05) is 0 Å². The van der Waals surface area contributed by atoms with Gasteiger partial charge in [0.15, 0.2) is 0 Å². The lowest BCUT2D eigenvalue weighted by molar-refractivity contribution is 0.669. The van der Waals surface area contributed by atoms with Crippen molar-refractivity contribution in [1.29, 1.82) is 0 Å². The van der Waals surface area contributed by atoms with Gasteiger partial charge in [-0.15, -0.1) is 0 Å². The van der Waals surface area contributed by atoms with E-state index in [1.54, 1.807) is 0 Å². The number of hydrogen-bond acceptors (Lipinski definition) is 1. The minimum atomic E-state index is 0.896. The number of fused-ring (bicyclic) bond motifs is 6. The maximum Gasteiger partial charge on any atom is 0.136 e. The fourth-order valence-corrected chi connectivity index (χ4v) is 6.42. The van der Waals surface area contributed by atoms with E-state index in [-0.39, 0.29) is 0 Å². The van der Waals surface area contributed by atoms with Crippen LogP contribution in [0.3, 0.4) is 0 Å². The summed E-state index contributed by atoms with van der Waals surface area (Å²) in [6.45, 7) is 4.00. The lowest BCUT2D eigenvalue weighted by Gasteiger charge is -2.18. The molecule has 0 aliphatic heterocycles. The first kappa shape index (κ1) is 24.6.